The van der Waals surface area contributed by atoms with Crippen molar-refractivity contribution < 1.29 is 0 Å². The van der Waals surface area contributed by atoms with Gasteiger partial charge in [-0.1, -0.05) is 101 Å². The maximum absolute atomic E-state index is 2.52. The van der Waals surface area contributed by atoms with Crippen molar-refractivity contribution in [3.8, 4) is 11.1 Å². The molecule has 0 fully saturated rings. The lowest BCUT2D eigenvalue weighted by atomic mass is 9.95. The summed E-state index contributed by atoms with van der Waals surface area (Å²) in [5.74, 6) is 0.568. The van der Waals surface area contributed by atoms with Crippen LogP contribution in [-0.2, 0) is 0 Å². The van der Waals surface area contributed by atoms with Gasteiger partial charge in [-0.2, -0.15) is 0 Å². The van der Waals surface area contributed by atoms with Gasteiger partial charge in [0.1, 0.15) is 0 Å². The fraction of sp³-hybridized carbons (Fsp3) is 0.259. The van der Waals surface area contributed by atoms with Crippen molar-refractivity contribution in [2.45, 2.75) is 39.7 Å². The summed E-state index contributed by atoms with van der Waals surface area (Å²) in [5.41, 5.74) is 10.8. The zero-order valence-electron chi connectivity index (χ0n) is 17.5. The minimum absolute atomic E-state index is 0.522. The number of hydrogen-bond donors (Lipinski definition) is 0. The van der Waals surface area contributed by atoms with Crippen LogP contribution < -0.4 is 0 Å². The molecule has 2 aliphatic carbocycles. The number of thioether (sulfide) groups is 1. The van der Waals surface area contributed by atoms with Crippen LogP contribution in [0.25, 0.3) is 17.2 Å². The van der Waals surface area contributed by atoms with E-state index in [1.54, 1.807) is 26.2 Å². The third-order valence-corrected chi connectivity index (χ3v) is 9.88. The summed E-state index contributed by atoms with van der Waals surface area (Å²) in [5, 5.41) is 1.59. The van der Waals surface area contributed by atoms with Crippen LogP contribution in [0.2, 0.25) is 0 Å². The van der Waals surface area contributed by atoms with E-state index in [9.17, 15) is 0 Å². The van der Waals surface area contributed by atoms with E-state index in [0.717, 1.165) is 15.9 Å². The fourth-order valence-electron chi connectivity index (χ4n) is 4.99. The number of rotatable bonds is 4. The first kappa shape index (κ1) is 19.0. The molecule has 0 saturated carbocycles. The zero-order valence-corrected chi connectivity index (χ0v) is 19.4. The molecule has 1 heterocycles. The number of hydrogen-bond acceptors (Lipinski definition) is 1. The van der Waals surface area contributed by atoms with Crippen LogP contribution in [0.1, 0.15) is 50.8 Å². The van der Waals surface area contributed by atoms with Crippen LogP contribution in [0.15, 0.2) is 86.3 Å². The summed E-state index contributed by atoms with van der Waals surface area (Å²) < 4.78 is 0. The third kappa shape index (κ3) is 3.05. The van der Waals surface area contributed by atoms with Gasteiger partial charge in [0.15, 0.2) is 0 Å². The van der Waals surface area contributed by atoms with Crippen molar-refractivity contribution in [3.05, 3.63) is 97.5 Å². The molecular formula is C27H26SSi. The standard InChI is InChI=1S/C27H26SSi/c1-5-23-17(3)26-18(4)25(15-24(26)28-23)29-27-16(2)14-22-20(12-9-13-21(22)27)19-10-7-6-8-11-19/h6-15,26-27H,5H2,1-4H3. The van der Waals surface area contributed by atoms with Crippen molar-refractivity contribution in [3.63, 3.8) is 0 Å². The van der Waals surface area contributed by atoms with E-state index < -0.39 is 0 Å². The lowest BCUT2D eigenvalue weighted by Crippen LogP contribution is -2.11. The lowest BCUT2D eigenvalue weighted by molar-refractivity contribution is 0.893. The molecule has 2 radical (unpaired) electrons. The highest BCUT2D eigenvalue weighted by Gasteiger charge is 2.35. The first-order valence-electron chi connectivity index (χ1n) is 10.5. The SMILES string of the molecule is CCC1=C(C)C2C(=CC([Si]C3C(C)=Cc4c(-c5ccccc5)cccc43)=C2C)S1. The molecule has 144 valence electrons. The smallest absolute Gasteiger partial charge is 0.0944 e. The van der Waals surface area contributed by atoms with Crippen LogP contribution in [0.3, 0.4) is 0 Å². The van der Waals surface area contributed by atoms with E-state index in [-0.39, 0.29) is 0 Å². The third-order valence-electron chi connectivity index (χ3n) is 6.53. The minimum atomic E-state index is 0.522. The number of fused-ring (bicyclic) bond motifs is 2. The lowest BCUT2D eigenvalue weighted by Gasteiger charge is -2.17. The van der Waals surface area contributed by atoms with Crippen LogP contribution >= 0.6 is 11.8 Å². The first-order chi connectivity index (χ1) is 14.1. The van der Waals surface area contributed by atoms with Gasteiger partial charge in [-0.25, -0.2) is 0 Å². The molecule has 0 N–H and O–H groups in total. The van der Waals surface area contributed by atoms with Crippen LogP contribution in [0.4, 0.5) is 0 Å². The molecule has 3 aliphatic rings. The molecule has 0 spiro atoms. The Balaban J connectivity index is 1.49. The van der Waals surface area contributed by atoms with Crippen LogP contribution in [0, 0.1) is 5.92 Å². The van der Waals surface area contributed by atoms with E-state index in [4.69, 9.17) is 0 Å². The maximum atomic E-state index is 2.52. The molecule has 0 bridgehead atoms. The van der Waals surface area contributed by atoms with E-state index >= 15 is 0 Å². The molecule has 0 nitrogen and oxygen atoms in total. The Bertz CT molecular complexity index is 1110. The van der Waals surface area contributed by atoms with Gasteiger partial charge in [-0.05, 0) is 54.4 Å². The predicted octanol–water partition coefficient (Wildman–Crippen LogP) is 7.73. The van der Waals surface area contributed by atoms with Gasteiger partial charge in [0.2, 0.25) is 0 Å². The van der Waals surface area contributed by atoms with Crippen molar-refractivity contribution in [2.24, 2.45) is 5.92 Å². The highest BCUT2D eigenvalue weighted by atomic mass is 32.2. The molecule has 2 heteroatoms. The Kier molecular flexibility index (Phi) is 4.80. The van der Waals surface area contributed by atoms with Crippen molar-refractivity contribution in [1.82, 2.24) is 0 Å². The van der Waals surface area contributed by atoms with E-state index in [1.807, 2.05) is 11.8 Å². The molecule has 0 amide bonds. The van der Waals surface area contributed by atoms with Crippen LogP contribution in [-0.4, -0.2) is 9.52 Å². The molecule has 29 heavy (non-hydrogen) atoms. The van der Waals surface area contributed by atoms with Crippen LogP contribution in [0.5, 0.6) is 0 Å². The maximum Gasteiger partial charge on any atom is 0.0944 e. The Morgan fingerprint density at radius 3 is 2.41 bits per heavy atom. The molecule has 0 saturated heterocycles. The highest BCUT2D eigenvalue weighted by molar-refractivity contribution is 8.07. The number of allylic oxidation sites excluding steroid dienone is 7. The normalized spacial score (nSPS) is 22.8. The molecule has 2 aromatic rings. The summed E-state index contributed by atoms with van der Waals surface area (Å²) in [7, 11) is 0.812. The summed E-state index contributed by atoms with van der Waals surface area (Å²) in [4.78, 5) is 3.15. The minimum Gasteiger partial charge on any atom is -0.0981 e. The Morgan fingerprint density at radius 2 is 1.69 bits per heavy atom. The van der Waals surface area contributed by atoms with Crippen molar-refractivity contribution >= 4 is 27.4 Å². The molecule has 2 unspecified atom stereocenters. The average molecular weight is 411 g/mol. The van der Waals surface area contributed by atoms with Gasteiger partial charge < -0.3 is 0 Å². The zero-order chi connectivity index (χ0) is 20.1. The van der Waals surface area contributed by atoms with E-state index in [0.29, 0.717) is 11.5 Å². The van der Waals surface area contributed by atoms with Gasteiger partial charge in [0, 0.05) is 16.4 Å². The fourth-order valence-corrected chi connectivity index (χ4v) is 8.09. The monoisotopic (exact) mass is 410 g/mol. The Morgan fingerprint density at radius 1 is 0.897 bits per heavy atom. The second-order valence-corrected chi connectivity index (χ2v) is 10.9. The van der Waals surface area contributed by atoms with Gasteiger partial charge in [-0.3, -0.25) is 0 Å². The summed E-state index contributed by atoms with van der Waals surface area (Å²) in [6.45, 7) is 9.31. The van der Waals surface area contributed by atoms with Gasteiger partial charge in [0.05, 0.1) is 9.52 Å². The first-order valence-corrected chi connectivity index (χ1v) is 12.4. The molecule has 2 aromatic carbocycles. The van der Waals surface area contributed by atoms with Gasteiger partial charge >= 0.3 is 0 Å². The largest absolute Gasteiger partial charge is 0.0981 e. The van der Waals surface area contributed by atoms with E-state index in [1.165, 1.54) is 27.8 Å². The molecule has 2 atom stereocenters. The Labute approximate surface area is 181 Å². The van der Waals surface area contributed by atoms with Crippen molar-refractivity contribution in [1.29, 1.82) is 0 Å². The second kappa shape index (κ2) is 7.34. The molecule has 5 rings (SSSR count). The van der Waals surface area contributed by atoms with Gasteiger partial charge in [0.25, 0.3) is 0 Å². The highest BCUT2D eigenvalue weighted by Crippen LogP contribution is 2.54. The summed E-state index contributed by atoms with van der Waals surface area (Å²) in [6, 6.07) is 17.7. The predicted molar refractivity (Wildman–Crippen MR) is 129 cm³/mol. The molecular weight excluding hydrogens is 384 g/mol. The molecule has 1 aliphatic heterocycles. The van der Waals surface area contributed by atoms with Gasteiger partial charge in [-0.15, -0.1) is 0 Å². The number of benzene rings is 2. The van der Waals surface area contributed by atoms with E-state index in [2.05, 4.69) is 88.4 Å². The topological polar surface area (TPSA) is 0 Å². The quantitative estimate of drug-likeness (QED) is 0.465. The Hall–Kier alpha value is -2.03. The summed E-state index contributed by atoms with van der Waals surface area (Å²) in [6.07, 6.45) is 6.11. The van der Waals surface area contributed by atoms with Crippen molar-refractivity contribution in [2.75, 3.05) is 0 Å². The summed E-state index contributed by atoms with van der Waals surface area (Å²) >= 11 is 2.03. The molecule has 0 aromatic heterocycles. The average Bonchev–Trinajstić information content (AvgIpc) is 3.34. The second-order valence-electron chi connectivity index (χ2n) is 8.28.